The Kier molecular flexibility index (Phi) is 7.50. The number of nitrogens with one attached hydrogen (secondary N) is 1. The average molecular weight is 471 g/mol. The van der Waals surface area contributed by atoms with E-state index < -0.39 is 0 Å². The predicted molar refractivity (Wildman–Crippen MR) is 111 cm³/mol. The Balaban J connectivity index is 0.00000243. The number of hydrogen-bond donors (Lipinski definition) is 1. The van der Waals surface area contributed by atoms with Crippen LogP contribution >= 0.6 is 24.0 Å². The lowest BCUT2D eigenvalue weighted by atomic mass is 10.1. The summed E-state index contributed by atoms with van der Waals surface area (Å²) >= 11 is 0. The Morgan fingerprint density at radius 3 is 2.54 bits per heavy atom. The summed E-state index contributed by atoms with van der Waals surface area (Å²) in [4.78, 5) is 6.31. The van der Waals surface area contributed by atoms with E-state index in [9.17, 15) is 4.39 Å². The Morgan fingerprint density at radius 2 is 1.81 bits per heavy atom. The first-order valence-corrected chi connectivity index (χ1v) is 8.20. The molecular weight excluding hydrogens is 448 g/mol. The average Bonchev–Trinajstić information content (AvgIpc) is 3.08. The molecule has 5 nitrogen and oxygen atoms in total. The molecule has 2 aromatic rings. The van der Waals surface area contributed by atoms with Gasteiger partial charge in [0.05, 0.1) is 0 Å². The molecule has 3 rings (SSSR count). The summed E-state index contributed by atoms with van der Waals surface area (Å²) in [6.45, 7) is 1.70. The monoisotopic (exact) mass is 471 g/mol. The molecule has 1 heterocycles. The minimum absolute atomic E-state index is 0. The fraction of sp³-hybridized carbons (Fsp3) is 0.316. The first kappa shape index (κ1) is 20.3. The molecule has 0 saturated heterocycles. The van der Waals surface area contributed by atoms with Gasteiger partial charge in [-0.05, 0) is 41.8 Å². The van der Waals surface area contributed by atoms with Gasteiger partial charge in [-0.2, -0.15) is 0 Å². The lowest BCUT2D eigenvalue weighted by Gasteiger charge is -2.22. The quantitative estimate of drug-likeness (QED) is 0.413. The maximum absolute atomic E-state index is 13.0. The van der Waals surface area contributed by atoms with Gasteiger partial charge in [0.2, 0.25) is 6.79 Å². The van der Waals surface area contributed by atoms with E-state index in [4.69, 9.17) is 9.47 Å². The van der Waals surface area contributed by atoms with Gasteiger partial charge in [-0.15, -0.1) is 24.0 Å². The second kappa shape index (κ2) is 9.61. The minimum Gasteiger partial charge on any atom is -0.454 e. The molecule has 0 spiro atoms. The summed E-state index contributed by atoms with van der Waals surface area (Å²) in [5, 5.41) is 3.35. The van der Waals surface area contributed by atoms with Gasteiger partial charge in [0, 0.05) is 27.2 Å². The standard InChI is InChI=1S/C19H22FN3O2.HI/c1-21-19(23(2)12-15-3-6-16(20)7-4-15)22-10-9-14-5-8-17-18(11-14)25-13-24-17;/h3-8,11H,9-10,12-13H2,1-2H3,(H,21,22);1H. The van der Waals surface area contributed by atoms with Crippen molar-refractivity contribution < 1.29 is 13.9 Å². The molecule has 0 aliphatic carbocycles. The van der Waals surface area contributed by atoms with E-state index >= 15 is 0 Å². The smallest absolute Gasteiger partial charge is 0.231 e. The van der Waals surface area contributed by atoms with Gasteiger partial charge in [-0.3, -0.25) is 4.99 Å². The highest BCUT2D eigenvalue weighted by atomic mass is 127. The van der Waals surface area contributed by atoms with E-state index in [1.165, 1.54) is 17.7 Å². The van der Waals surface area contributed by atoms with Crippen LogP contribution < -0.4 is 14.8 Å². The molecule has 0 amide bonds. The van der Waals surface area contributed by atoms with Crippen molar-refractivity contribution >= 4 is 29.9 Å². The topological polar surface area (TPSA) is 46.1 Å². The second-order valence-electron chi connectivity index (χ2n) is 5.89. The number of aliphatic imine (C=N–C) groups is 1. The second-order valence-corrected chi connectivity index (χ2v) is 5.89. The lowest BCUT2D eigenvalue weighted by Crippen LogP contribution is -2.39. The molecule has 0 bridgehead atoms. The maximum atomic E-state index is 13.0. The van der Waals surface area contributed by atoms with E-state index in [1.54, 1.807) is 19.2 Å². The summed E-state index contributed by atoms with van der Waals surface area (Å²) in [5.74, 6) is 2.17. The van der Waals surface area contributed by atoms with Crippen molar-refractivity contribution in [1.82, 2.24) is 10.2 Å². The van der Waals surface area contributed by atoms with Crippen LogP contribution in [0.5, 0.6) is 11.5 Å². The predicted octanol–water partition coefficient (Wildman–Crippen LogP) is 3.42. The van der Waals surface area contributed by atoms with E-state index in [0.717, 1.165) is 36.0 Å². The normalized spacial score (nSPS) is 12.5. The van der Waals surface area contributed by atoms with E-state index in [-0.39, 0.29) is 36.6 Å². The molecule has 0 saturated carbocycles. The van der Waals surface area contributed by atoms with Crippen LogP contribution in [0.2, 0.25) is 0 Å². The number of ether oxygens (including phenoxy) is 2. The van der Waals surface area contributed by atoms with Crippen LogP contribution in [0.1, 0.15) is 11.1 Å². The van der Waals surface area contributed by atoms with E-state index in [0.29, 0.717) is 6.54 Å². The molecule has 1 aliphatic rings. The Morgan fingerprint density at radius 1 is 1.12 bits per heavy atom. The van der Waals surface area contributed by atoms with Gasteiger partial charge in [-0.25, -0.2) is 4.39 Å². The van der Waals surface area contributed by atoms with Crippen molar-refractivity contribution in [2.24, 2.45) is 4.99 Å². The molecule has 1 N–H and O–H groups in total. The molecule has 0 unspecified atom stereocenters. The summed E-state index contributed by atoms with van der Waals surface area (Å²) in [6, 6.07) is 12.5. The van der Waals surface area contributed by atoms with E-state index in [2.05, 4.69) is 10.3 Å². The molecule has 0 aromatic heterocycles. The third kappa shape index (κ3) is 5.23. The number of rotatable bonds is 5. The molecule has 0 fully saturated rings. The van der Waals surface area contributed by atoms with Crippen LogP contribution in [0.15, 0.2) is 47.5 Å². The summed E-state index contributed by atoms with van der Waals surface area (Å²) < 4.78 is 23.7. The third-order valence-corrected chi connectivity index (χ3v) is 4.04. The molecule has 2 aromatic carbocycles. The number of benzene rings is 2. The number of fused-ring (bicyclic) bond motifs is 1. The Bertz CT molecular complexity index is 753. The van der Waals surface area contributed by atoms with Crippen LogP contribution in [0.4, 0.5) is 4.39 Å². The zero-order valence-electron chi connectivity index (χ0n) is 14.9. The number of guanidine groups is 1. The highest BCUT2D eigenvalue weighted by Gasteiger charge is 2.13. The largest absolute Gasteiger partial charge is 0.454 e. The zero-order valence-corrected chi connectivity index (χ0v) is 17.2. The van der Waals surface area contributed by atoms with Gasteiger partial charge in [0.1, 0.15) is 5.82 Å². The van der Waals surface area contributed by atoms with Crippen LogP contribution in [0.3, 0.4) is 0 Å². The number of nitrogens with zero attached hydrogens (tertiary/aromatic N) is 2. The Labute approximate surface area is 170 Å². The summed E-state index contributed by atoms with van der Waals surface area (Å²) in [6.07, 6.45) is 0.847. The lowest BCUT2D eigenvalue weighted by molar-refractivity contribution is 0.174. The first-order chi connectivity index (χ1) is 12.2. The van der Waals surface area contributed by atoms with Gasteiger partial charge in [0.15, 0.2) is 17.5 Å². The number of halogens is 2. The van der Waals surface area contributed by atoms with E-state index in [1.807, 2.05) is 30.1 Å². The SMILES string of the molecule is CN=C(NCCc1ccc2c(c1)OCO2)N(C)Cc1ccc(F)cc1.I. The van der Waals surface area contributed by atoms with Crippen molar-refractivity contribution in [3.63, 3.8) is 0 Å². The van der Waals surface area contributed by atoms with Crippen molar-refractivity contribution in [3.8, 4) is 11.5 Å². The van der Waals surface area contributed by atoms with Crippen LogP contribution in [-0.2, 0) is 13.0 Å². The Hall–Kier alpha value is -2.03. The zero-order chi connectivity index (χ0) is 17.6. The highest BCUT2D eigenvalue weighted by molar-refractivity contribution is 14.0. The van der Waals surface area contributed by atoms with Crippen molar-refractivity contribution in [3.05, 3.63) is 59.4 Å². The van der Waals surface area contributed by atoms with Gasteiger partial charge in [0.25, 0.3) is 0 Å². The van der Waals surface area contributed by atoms with Crippen LogP contribution in [0.25, 0.3) is 0 Å². The van der Waals surface area contributed by atoms with Crippen LogP contribution in [-0.4, -0.2) is 38.3 Å². The molecule has 0 radical (unpaired) electrons. The molecular formula is C19H23FIN3O2. The fourth-order valence-corrected chi connectivity index (χ4v) is 2.74. The molecule has 26 heavy (non-hydrogen) atoms. The molecule has 7 heteroatoms. The fourth-order valence-electron chi connectivity index (χ4n) is 2.74. The van der Waals surface area contributed by atoms with Crippen molar-refractivity contribution in [1.29, 1.82) is 0 Å². The molecule has 0 atom stereocenters. The van der Waals surface area contributed by atoms with Gasteiger partial charge in [-0.1, -0.05) is 18.2 Å². The number of hydrogen-bond acceptors (Lipinski definition) is 3. The van der Waals surface area contributed by atoms with Gasteiger partial charge < -0.3 is 19.7 Å². The highest BCUT2D eigenvalue weighted by Crippen LogP contribution is 2.32. The first-order valence-electron chi connectivity index (χ1n) is 8.20. The molecule has 1 aliphatic heterocycles. The van der Waals surface area contributed by atoms with Crippen molar-refractivity contribution in [2.45, 2.75) is 13.0 Å². The van der Waals surface area contributed by atoms with Gasteiger partial charge >= 0.3 is 0 Å². The maximum Gasteiger partial charge on any atom is 0.231 e. The summed E-state index contributed by atoms with van der Waals surface area (Å²) in [5.41, 5.74) is 2.20. The minimum atomic E-state index is -0.224. The van der Waals surface area contributed by atoms with Crippen LogP contribution in [0, 0.1) is 5.82 Å². The van der Waals surface area contributed by atoms with Crippen molar-refractivity contribution in [2.75, 3.05) is 27.4 Å². The molecule has 140 valence electrons. The third-order valence-electron chi connectivity index (χ3n) is 4.04. The summed E-state index contributed by atoms with van der Waals surface area (Å²) in [7, 11) is 3.71.